The fourth-order valence-corrected chi connectivity index (χ4v) is 3.24. The van der Waals surface area contributed by atoms with Crippen molar-refractivity contribution in [2.75, 3.05) is 17.7 Å². The number of amides is 1. The Kier molecular flexibility index (Phi) is 4.59. The summed E-state index contributed by atoms with van der Waals surface area (Å²) < 4.78 is 6.47. The van der Waals surface area contributed by atoms with Crippen LogP contribution in [-0.2, 0) is 4.79 Å². The highest BCUT2D eigenvalue weighted by Crippen LogP contribution is 2.27. The minimum absolute atomic E-state index is 0.0800. The van der Waals surface area contributed by atoms with Crippen molar-refractivity contribution in [1.82, 2.24) is 4.98 Å². The van der Waals surface area contributed by atoms with E-state index in [1.165, 1.54) is 11.3 Å². The van der Waals surface area contributed by atoms with Crippen molar-refractivity contribution < 1.29 is 9.53 Å². The van der Waals surface area contributed by atoms with Crippen LogP contribution in [0.3, 0.4) is 0 Å². The van der Waals surface area contributed by atoms with E-state index in [0.29, 0.717) is 21.6 Å². The van der Waals surface area contributed by atoms with Gasteiger partial charge >= 0.3 is 0 Å². The van der Waals surface area contributed by atoms with E-state index in [1.54, 1.807) is 6.07 Å². The number of thiazole rings is 1. The van der Waals surface area contributed by atoms with E-state index >= 15 is 0 Å². The Balaban J connectivity index is 1.64. The summed E-state index contributed by atoms with van der Waals surface area (Å²) in [5.74, 6) is 0.382. The van der Waals surface area contributed by atoms with Gasteiger partial charge in [-0.3, -0.25) is 4.79 Å². The Morgan fingerprint density at radius 1 is 1.29 bits per heavy atom. The molecule has 0 aliphatic heterocycles. The first-order valence-corrected chi connectivity index (χ1v) is 8.47. The number of nitrogens with zero attached hydrogens (tertiary/aromatic N) is 1. The lowest BCUT2D eigenvalue weighted by molar-refractivity contribution is -0.118. The highest BCUT2D eigenvalue weighted by molar-refractivity contribution is 7.22. The largest absolute Gasteiger partial charge is 0.484 e. The quantitative estimate of drug-likeness (QED) is 0.731. The Morgan fingerprint density at radius 2 is 2.00 bits per heavy atom. The lowest BCUT2D eigenvalue weighted by atomic mass is 10.1. The molecule has 1 aromatic heterocycles. The Bertz CT molecular complexity index is 900. The zero-order valence-electron chi connectivity index (χ0n) is 13.2. The van der Waals surface area contributed by atoms with E-state index < -0.39 is 0 Å². The van der Waals surface area contributed by atoms with E-state index in [-0.39, 0.29) is 12.5 Å². The number of aromatic nitrogens is 1. The van der Waals surface area contributed by atoms with Crippen molar-refractivity contribution in [2.24, 2.45) is 0 Å². The maximum Gasteiger partial charge on any atom is 0.262 e. The zero-order valence-corrected chi connectivity index (χ0v) is 14.8. The Morgan fingerprint density at radius 3 is 2.71 bits per heavy atom. The van der Waals surface area contributed by atoms with Crippen molar-refractivity contribution in [3.63, 3.8) is 0 Å². The van der Waals surface area contributed by atoms with E-state index in [1.807, 2.05) is 38.1 Å². The molecule has 124 valence electrons. The number of fused-ring (bicyclic) bond motifs is 1. The molecule has 0 saturated carbocycles. The van der Waals surface area contributed by atoms with Crippen LogP contribution in [0.5, 0.6) is 5.75 Å². The molecule has 0 radical (unpaired) electrons. The van der Waals surface area contributed by atoms with Gasteiger partial charge in [0.25, 0.3) is 5.91 Å². The lowest BCUT2D eigenvalue weighted by Gasteiger charge is -2.10. The van der Waals surface area contributed by atoms with E-state index in [2.05, 4.69) is 10.3 Å². The summed E-state index contributed by atoms with van der Waals surface area (Å²) in [5, 5.41) is 4.02. The molecule has 0 unspecified atom stereocenters. The van der Waals surface area contributed by atoms with Crippen molar-refractivity contribution >= 4 is 49.9 Å². The first-order valence-electron chi connectivity index (χ1n) is 7.28. The van der Waals surface area contributed by atoms with Gasteiger partial charge in [0.15, 0.2) is 11.7 Å². The first kappa shape index (κ1) is 16.5. The molecule has 0 bridgehead atoms. The normalized spacial score (nSPS) is 10.8. The minimum atomic E-state index is -0.239. The molecule has 3 rings (SSSR count). The van der Waals surface area contributed by atoms with Crippen LogP contribution in [0.2, 0.25) is 5.02 Å². The average Bonchev–Trinajstić information content (AvgIpc) is 2.89. The predicted octanol–water partition coefficient (Wildman–Crippen LogP) is 4.17. The van der Waals surface area contributed by atoms with Crippen molar-refractivity contribution in [1.29, 1.82) is 0 Å². The van der Waals surface area contributed by atoms with Gasteiger partial charge in [-0.1, -0.05) is 22.9 Å². The molecular weight excluding hydrogens is 346 g/mol. The van der Waals surface area contributed by atoms with Gasteiger partial charge < -0.3 is 15.8 Å². The second-order valence-electron chi connectivity index (χ2n) is 5.44. The number of halogens is 1. The summed E-state index contributed by atoms with van der Waals surface area (Å²) in [6, 6.07) is 9.09. The molecule has 0 aliphatic rings. The average molecular weight is 362 g/mol. The number of nitrogen functional groups attached to an aromatic ring is 1. The molecule has 0 spiro atoms. The van der Waals surface area contributed by atoms with Gasteiger partial charge in [-0.25, -0.2) is 4.98 Å². The molecule has 0 atom stereocenters. The summed E-state index contributed by atoms with van der Waals surface area (Å²) in [4.78, 5) is 16.2. The van der Waals surface area contributed by atoms with Crippen LogP contribution in [0.4, 0.5) is 10.8 Å². The Labute approximate surface area is 148 Å². The van der Waals surface area contributed by atoms with Crippen molar-refractivity contribution in [3.8, 4) is 5.75 Å². The number of benzene rings is 2. The third-order valence-electron chi connectivity index (χ3n) is 3.47. The summed E-state index contributed by atoms with van der Waals surface area (Å²) >= 11 is 7.50. The smallest absolute Gasteiger partial charge is 0.262 e. The van der Waals surface area contributed by atoms with Crippen molar-refractivity contribution in [3.05, 3.63) is 46.5 Å². The molecule has 24 heavy (non-hydrogen) atoms. The summed E-state index contributed by atoms with van der Waals surface area (Å²) in [6.45, 7) is 3.72. The number of nitrogens with two attached hydrogens (primary N) is 1. The van der Waals surface area contributed by atoms with Crippen LogP contribution in [-0.4, -0.2) is 17.5 Å². The highest BCUT2D eigenvalue weighted by Gasteiger charge is 2.08. The first-order chi connectivity index (χ1) is 11.4. The van der Waals surface area contributed by atoms with Crippen molar-refractivity contribution in [2.45, 2.75) is 13.8 Å². The number of hydrogen-bond donors (Lipinski definition) is 2. The summed E-state index contributed by atoms with van der Waals surface area (Å²) in [6.07, 6.45) is 0. The van der Waals surface area contributed by atoms with Gasteiger partial charge in [0.2, 0.25) is 0 Å². The number of carbonyl (C=O) groups is 1. The van der Waals surface area contributed by atoms with E-state index in [9.17, 15) is 4.79 Å². The minimum Gasteiger partial charge on any atom is -0.484 e. The van der Waals surface area contributed by atoms with Gasteiger partial charge in [0, 0.05) is 10.7 Å². The van der Waals surface area contributed by atoms with Crippen LogP contribution >= 0.6 is 22.9 Å². The van der Waals surface area contributed by atoms with Gasteiger partial charge in [-0.2, -0.15) is 0 Å². The molecule has 7 heteroatoms. The molecule has 1 amide bonds. The van der Waals surface area contributed by atoms with Gasteiger partial charge in [-0.05, 0) is 55.3 Å². The second kappa shape index (κ2) is 6.67. The topological polar surface area (TPSA) is 77.2 Å². The fourth-order valence-electron chi connectivity index (χ4n) is 2.36. The van der Waals surface area contributed by atoms with Crippen LogP contribution in [0.25, 0.3) is 10.2 Å². The lowest BCUT2D eigenvalue weighted by Crippen LogP contribution is -2.20. The summed E-state index contributed by atoms with van der Waals surface area (Å²) in [5.41, 5.74) is 9.02. The Hall–Kier alpha value is -2.31. The maximum absolute atomic E-state index is 12.1. The van der Waals surface area contributed by atoms with Gasteiger partial charge in [0.1, 0.15) is 5.75 Å². The van der Waals surface area contributed by atoms with Crippen LogP contribution in [0, 0.1) is 13.8 Å². The van der Waals surface area contributed by atoms with Crippen LogP contribution < -0.4 is 15.8 Å². The SMILES string of the molecule is Cc1cc(OCC(=O)Nc2ccc3nc(N)sc3c2)cc(C)c1Cl. The molecule has 2 aromatic carbocycles. The number of hydrogen-bond acceptors (Lipinski definition) is 5. The maximum atomic E-state index is 12.1. The predicted molar refractivity (Wildman–Crippen MR) is 99.1 cm³/mol. The molecule has 0 aliphatic carbocycles. The highest BCUT2D eigenvalue weighted by atomic mass is 35.5. The molecule has 1 heterocycles. The third kappa shape index (κ3) is 3.60. The zero-order chi connectivity index (χ0) is 17.3. The van der Waals surface area contributed by atoms with E-state index in [4.69, 9.17) is 22.1 Å². The van der Waals surface area contributed by atoms with Crippen LogP contribution in [0.15, 0.2) is 30.3 Å². The van der Waals surface area contributed by atoms with Gasteiger partial charge in [-0.15, -0.1) is 0 Å². The fraction of sp³-hybridized carbons (Fsp3) is 0.176. The van der Waals surface area contributed by atoms with Crippen LogP contribution in [0.1, 0.15) is 11.1 Å². The summed E-state index contributed by atoms with van der Waals surface area (Å²) in [7, 11) is 0. The monoisotopic (exact) mass is 361 g/mol. The molecule has 3 aromatic rings. The molecular formula is C17H16ClN3O2S. The van der Waals surface area contributed by atoms with E-state index in [0.717, 1.165) is 21.3 Å². The van der Waals surface area contributed by atoms with Gasteiger partial charge in [0.05, 0.1) is 10.2 Å². The molecule has 3 N–H and O–H groups in total. The molecule has 0 fully saturated rings. The number of rotatable bonds is 4. The number of nitrogens with one attached hydrogen (secondary N) is 1. The number of aryl methyl sites for hydroxylation is 2. The molecule has 5 nitrogen and oxygen atoms in total. The molecule has 0 saturated heterocycles. The third-order valence-corrected chi connectivity index (χ3v) is 4.91. The standard InChI is InChI=1S/C17H16ClN3O2S/c1-9-5-12(6-10(2)16(9)18)23-8-15(22)20-11-3-4-13-14(7-11)24-17(19)21-13/h3-7H,8H2,1-2H3,(H2,19,21)(H,20,22). The number of carbonyl (C=O) groups excluding carboxylic acids is 1. The second-order valence-corrected chi connectivity index (χ2v) is 6.88. The number of ether oxygens (including phenoxy) is 1. The number of anilines is 2.